The lowest BCUT2D eigenvalue weighted by atomic mass is 10.0. The molecule has 1 aromatic carbocycles. The van der Waals surface area contributed by atoms with Crippen molar-refractivity contribution in [2.45, 2.75) is 27.2 Å². The molecule has 19 heavy (non-hydrogen) atoms. The van der Waals surface area contributed by atoms with Crippen LogP contribution in [0.1, 0.15) is 37.6 Å². The Kier molecular flexibility index (Phi) is 5.89. The molecule has 0 aromatic heterocycles. The van der Waals surface area contributed by atoms with Crippen LogP contribution < -0.4 is 4.74 Å². The van der Waals surface area contributed by atoms with Gasteiger partial charge in [-0.25, -0.2) is 0 Å². The van der Waals surface area contributed by atoms with Crippen molar-refractivity contribution in [2.75, 3.05) is 6.61 Å². The molecule has 0 saturated carbocycles. The van der Waals surface area contributed by atoms with E-state index in [4.69, 9.17) is 27.9 Å². The Labute approximate surface area is 124 Å². The topological polar surface area (TPSA) is 26.3 Å². The number of halogens is 2. The SMILES string of the molecule is C=C(CC)C(=O)c1ccc(OCC(C)C)c(Cl)c1Cl. The van der Waals surface area contributed by atoms with Gasteiger partial charge in [-0.15, -0.1) is 0 Å². The highest BCUT2D eigenvalue weighted by Gasteiger charge is 2.18. The van der Waals surface area contributed by atoms with Crippen molar-refractivity contribution in [3.63, 3.8) is 0 Å². The van der Waals surface area contributed by atoms with E-state index in [1.165, 1.54) is 0 Å². The summed E-state index contributed by atoms with van der Waals surface area (Å²) in [4.78, 5) is 12.0. The van der Waals surface area contributed by atoms with E-state index in [1.54, 1.807) is 12.1 Å². The molecule has 0 spiro atoms. The number of allylic oxidation sites excluding steroid dienone is 1. The Balaban J connectivity index is 3.04. The zero-order chi connectivity index (χ0) is 14.6. The number of Topliss-reactive ketones (excluding diaryl/α,β-unsaturated/α-hetero) is 1. The molecule has 0 N–H and O–H groups in total. The average Bonchev–Trinajstić information content (AvgIpc) is 2.38. The molecular weight excluding hydrogens is 283 g/mol. The normalized spacial score (nSPS) is 10.6. The van der Waals surface area contributed by atoms with Gasteiger partial charge >= 0.3 is 0 Å². The number of ketones is 1. The third kappa shape index (κ3) is 3.99. The summed E-state index contributed by atoms with van der Waals surface area (Å²) in [6, 6.07) is 3.31. The van der Waals surface area contributed by atoms with Crippen LogP contribution in [0.4, 0.5) is 0 Å². The molecule has 0 radical (unpaired) electrons. The predicted molar refractivity (Wildman–Crippen MR) is 80.6 cm³/mol. The van der Waals surface area contributed by atoms with Gasteiger partial charge in [0, 0.05) is 5.56 Å². The largest absolute Gasteiger partial charge is 0.492 e. The molecule has 104 valence electrons. The van der Waals surface area contributed by atoms with Crippen molar-refractivity contribution >= 4 is 29.0 Å². The number of hydrogen-bond acceptors (Lipinski definition) is 2. The Bertz CT molecular complexity index is 493. The first-order valence-corrected chi connectivity index (χ1v) is 6.97. The molecular formula is C15H18Cl2O2. The standard InChI is InChI=1S/C15H18Cl2O2/c1-5-10(4)15(18)11-6-7-12(14(17)13(11)16)19-8-9(2)3/h6-7,9H,4-5,8H2,1-3H3. The van der Waals surface area contributed by atoms with Crippen molar-refractivity contribution in [1.29, 1.82) is 0 Å². The summed E-state index contributed by atoms with van der Waals surface area (Å²) < 4.78 is 5.55. The fourth-order valence-corrected chi connectivity index (χ4v) is 1.89. The molecule has 0 amide bonds. The highest BCUT2D eigenvalue weighted by Crippen LogP contribution is 2.35. The predicted octanol–water partition coefficient (Wildman–Crippen LogP) is 5.18. The summed E-state index contributed by atoms with van der Waals surface area (Å²) in [5.74, 6) is 0.708. The minimum Gasteiger partial charge on any atom is -0.492 e. The Morgan fingerprint density at radius 3 is 2.47 bits per heavy atom. The van der Waals surface area contributed by atoms with Crippen LogP contribution >= 0.6 is 23.2 Å². The van der Waals surface area contributed by atoms with Crippen molar-refractivity contribution in [1.82, 2.24) is 0 Å². The van der Waals surface area contributed by atoms with E-state index in [2.05, 4.69) is 6.58 Å². The van der Waals surface area contributed by atoms with E-state index in [9.17, 15) is 4.79 Å². The zero-order valence-corrected chi connectivity index (χ0v) is 12.9. The fraction of sp³-hybridized carbons (Fsp3) is 0.400. The summed E-state index contributed by atoms with van der Waals surface area (Å²) in [6.07, 6.45) is 0.582. The maximum absolute atomic E-state index is 12.0. The summed E-state index contributed by atoms with van der Waals surface area (Å²) in [7, 11) is 0. The first-order valence-electron chi connectivity index (χ1n) is 6.21. The first-order chi connectivity index (χ1) is 8.88. The van der Waals surface area contributed by atoms with E-state index >= 15 is 0 Å². The molecule has 4 heteroatoms. The number of hydrogen-bond donors (Lipinski definition) is 0. The minimum atomic E-state index is -0.176. The van der Waals surface area contributed by atoms with Gasteiger partial charge in [-0.1, -0.05) is 50.6 Å². The summed E-state index contributed by atoms with van der Waals surface area (Å²) in [6.45, 7) is 10.2. The van der Waals surface area contributed by atoms with Crippen LogP contribution in [0.2, 0.25) is 10.0 Å². The van der Waals surface area contributed by atoms with Crippen molar-refractivity contribution in [3.8, 4) is 5.75 Å². The number of ether oxygens (including phenoxy) is 1. The van der Waals surface area contributed by atoms with E-state index in [0.717, 1.165) is 0 Å². The first kappa shape index (κ1) is 16.1. The molecule has 0 fully saturated rings. The van der Waals surface area contributed by atoms with Crippen LogP contribution in [-0.4, -0.2) is 12.4 Å². The van der Waals surface area contributed by atoms with Gasteiger partial charge in [0.05, 0.1) is 11.6 Å². The second-order valence-corrected chi connectivity index (χ2v) is 5.49. The second kappa shape index (κ2) is 6.97. The van der Waals surface area contributed by atoms with Crippen LogP contribution in [0.3, 0.4) is 0 Å². The third-order valence-electron chi connectivity index (χ3n) is 2.61. The van der Waals surface area contributed by atoms with Crippen molar-refractivity contribution < 1.29 is 9.53 Å². The number of carbonyl (C=O) groups excluding carboxylic acids is 1. The van der Waals surface area contributed by atoms with Gasteiger partial charge in [-0.05, 0) is 30.0 Å². The maximum Gasteiger partial charge on any atom is 0.189 e. The molecule has 0 atom stereocenters. The van der Waals surface area contributed by atoms with Gasteiger partial charge in [0.2, 0.25) is 0 Å². The highest BCUT2D eigenvalue weighted by atomic mass is 35.5. The van der Waals surface area contributed by atoms with Gasteiger partial charge in [0.15, 0.2) is 5.78 Å². The minimum absolute atomic E-state index is 0.176. The maximum atomic E-state index is 12.0. The van der Waals surface area contributed by atoms with E-state index in [-0.39, 0.29) is 15.8 Å². The van der Waals surface area contributed by atoms with Crippen LogP contribution in [-0.2, 0) is 0 Å². The summed E-state index contributed by atoms with van der Waals surface area (Å²) in [5, 5.41) is 0.500. The zero-order valence-electron chi connectivity index (χ0n) is 11.4. The summed E-state index contributed by atoms with van der Waals surface area (Å²) >= 11 is 12.3. The second-order valence-electron chi connectivity index (χ2n) is 4.73. The van der Waals surface area contributed by atoms with E-state index in [1.807, 2.05) is 20.8 Å². The van der Waals surface area contributed by atoms with Gasteiger partial charge < -0.3 is 4.74 Å². The lowest BCUT2D eigenvalue weighted by Crippen LogP contribution is -2.07. The van der Waals surface area contributed by atoms with Gasteiger partial charge in [0.25, 0.3) is 0 Å². The monoisotopic (exact) mass is 300 g/mol. The number of benzene rings is 1. The molecule has 0 unspecified atom stereocenters. The lowest BCUT2D eigenvalue weighted by Gasteiger charge is -2.13. The number of rotatable bonds is 6. The Morgan fingerprint density at radius 1 is 1.32 bits per heavy atom. The number of carbonyl (C=O) groups is 1. The lowest BCUT2D eigenvalue weighted by molar-refractivity contribution is 0.103. The molecule has 0 aliphatic heterocycles. The molecule has 0 bridgehead atoms. The van der Waals surface area contributed by atoms with Crippen LogP contribution in [0.15, 0.2) is 24.3 Å². The molecule has 2 nitrogen and oxygen atoms in total. The van der Waals surface area contributed by atoms with Crippen LogP contribution in [0, 0.1) is 5.92 Å². The third-order valence-corrected chi connectivity index (χ3v) is 3.48. The fourth-order valence-electron chi connectivity index (χ4n) is 1.43. The van der Waals surface area contributed by atoms with Crippen LogP contribution in [0.25, 0.3) is 0 Å². The van der Waals surface area contributed by atoms with Crippen molar-refractivity contribution in [2.24, 2.45) is 5.92 Å². The summed E-state index contributed by atoms with van der Waals surface area (Å²) in [5.41, 5.74) is 0.879. The average molecular weight is 301 g/mol. The van der Waals surface area contributed by atoms with Gasteiger partial charge in [-0.3, -0.25) is 4.79 Å². The van der Waals surface area contributed by atoms with Gasteiger partial charge in [-0.2, -0.15) is 0 Å². The molecule has 0 aliphatic rings. The smallest absolute Gasteiger partial charge is 0.189 e. The van der Waals surface area contributed by atoms with E-state index < -0.39 is 0 Å². The van der Waals surface area contributed by atoms with Crippen LogP contribution in [0.5, 0.6) is 5.75 Å². The van der Waals surface area contributed by atoms with Crippen molar-refractivity contribution in [3.05, 3.63) is 39.9 Å². The quantitative estimate of drug-likeness (QED) is 0.534. The van der Waals surface area contributed by atoms with Gasteiger partial charge in [0.1, 0.15) is 10.8 Å². The molecule has 0 saturated heterocycles. The molecule has 0 aliphatic carbocycles. The molecule has 0 heterocycles. The van der Waals surface area contributed by atoms with E-state index in [0.29, 0.717) is 35.8 Å². The Morgan fingerprint density at radius 2 is 1.95 bits per heavy atom. The molecule has 1 rings (SSSR count). The Hall–Kier alpha value is -0.990. The highest BCUT2D eigenvalue weighted by molar-refractivity contribution is 6.45. The molecule has 1 aromatic rings.